The average Bonchev–Trinajstić information content (AvgIpc) is 2.53. The molecular weight excluding hydrogens is 212 g/mol. The lowest BCUT2D eigenvalue weighted by atomic mass is 10.0. The van der Waals surface area contributed by atoms with Crippen LogP contribution in [0.5, 0.6) is 0 Å². The van der Waals surface area contributed by atoms with Gasteiger partial charge in [-0.2, -0.15) is 0 Å². The third-order valence-electron chi connectivity index (χ3n) is 3.39. The Morgan fingerprint density at radius 2 is 1.82 bits per heavy atom. The Morgan fingerprint density at radius 1 is 1.24 bits per heavy atom. The van der Waals surface area contributed by atoms with E-state index in [2.05, 4.69) is 29.2 Å². The maximum absolute atomic E-state index is 6.00. The van der Waals surface area contributed by atoms with Crippen molar-refractivity contribution in [1.82, 2.24) is 4.90 Å². The van der Waals surface area contributed by atoms with Gasteiger partial charge in [-0.1, -0.05) is 24.3 Å². The highest BCUT2D eigenvalue weighted by molar-refractivity contribution is 5.28. The predicted molar refractivity (Wildman–Crippen MR) is 70.1 cm³/mol. The van der Waals surface area contributed by atoms with Crippen LogP contribution in [0.2, 0.25) is 0 Å². The number of nitrogens with two attached hydrogens (primary N) is 1. The molecule has 0 amide bonds. The molecule has 1 aliphatic heterocycles. The molecule has 0 saturated carbocycles. The molecule has 1 atom stereocenters. The normalized spacial score (nSPS) is 18.5. The smallest absolute Gasteiger partial charge is 0.0626 e. The first-order chi connectivity index (χ1) is 8.29. The van der Waals surface area contributed by atoms with Gasteiger partial charge in [-0.25, -0.2) is 0 Å². The van der Waals surface area contributed by atoms with Gasteiger partial charge >= 0.3 is 0 Å². The molecule has 0 spiro atoms. The molecule has 0 bridgehead atoms. The van der Waals surface area contributed by atoms with Crippen molar-refractivity contribution in [2.75, 3.05) is 33.4 Å². The van der Waals surface area contributed by atoms with Crippen LogP contribution in [0.25, 0.3) is 0 Å². The number of ether oxygens (including phenoxy) is 1. The van der Waals surface area contributed by atoms with Crippen molar-refractivity contribution in [2.24, 2.45) is 5.73 Å². The molecule has 1 heterocycles. The van der Waals surface area contributed by atoms with E-state index in [-0.39, 0.29) is 6.04 Å². The van der Waals surface area contributed by atoms with E-state index in [1.807, 2.05) is 0 Å². The van der Waals surface area contributed by atoms with E-state index in [1.54, 1.807) is 7.11 Å². The van der Waals surface area contributed by atoms with Gasteiger partial charge < -0.3 is 15.4 Å². The topological polar surface area (TPSA) is 38.5 Å². The van der Waals surface area contributed by atoms with Gasteiger partial charge in [-0.3, -0.25) is 0 Å². The molecule has 2 N–H and O–H groups in total. The zero-order valence-corrected chi connectivity index (χ0v) is 10.6. The second-order valence-corrected chi connectivity index (χ2v) is 4.78. The fourth-order valence-corrected chi connectivity index (χ4v) is 2.50. The van der Waals surface area contributed by atoms with Crippen molar-refractivity contribution in [1.29, 1.82) is 0 Å². The van der Waals surface area contributed by atoms with E-state index in [0.717, 1.165) is 32.5 Å². The summed E-state index contributed by atoms with van der Waals surface area (Å²) in [5.74, 6) is 0. The Kier molecular flexibility index (Phi) is 4.54. The van der Waals surface area contributed by atoms with Gasteiger partial charge in [0.15, 0.2) is 0 Å². The molecule has 1 unspecified atom stereocenters. The number of hydrogen-bond donors (Lipinski definition) is 1. The Labute approximate surface area is 104 Å². The SMILES string of the molecule is COCC(N)CN1CCc2ccccc2CC1. The van der Waals surface area contributed by atoms with Gasteiger partial charge in [-0.05, 0) is 24.0 Å². The van der Waals surface area contributed by atoms with E-state index in [4.69, 9.17) is 10.5 Å². The number of benzene rings is 1. The summed E-state index contributed by atoms with van der Waals surface area (Å²) in [6, 6.07) is 8.87. The number of rotatable bonds is 4. The lowest BCUT2D eigenvalue weighted by molar-refractivity contribution is 0.155. The fourth-order valence-electron chi connectivity index (χ4n) is 2.50. The van der Waals surface area contributed by atoms with Crippen LogP contribution in [-0.2, 0) is 17.6 Å². The van der Waals surface area contributed by atoms with Crippen molar-refractivity contribution in [2.45, 2.75) is 18.9 Å². The molecule has 0 fully saturated rings. The van der Waals surface area contributed by atoms with E-state index < -0.39 is 0 Å². The molecule has 1 aromatic carbocycles. The van der Waals surface area contributed by atoms with Gasteiger partial charge in [0, 0.05) is 32.8 Å². The van der Waals surface area contributed by atoms with Crippen LogP contribution in [0.1, 0.15) is 11.1 Å². The van der Waals surface area contributed by atoms with Crippen LogP contribution in [0.15, 0.2) is 24.3 Å². The highest BCUT2D eigenvalue weighted by Crippen LogP contribution is 2.15. The second-order valence-electron chi connectivity index (χ2n) is 4.78. The summed E-state index contributed by atoms with van der Waals surface area (Å²) in [6.07, 6.45) is 2.27. The first kappa shape index (κ1) is 12.6. The molecule has 0 aliphatic carbocycles. The molecule has 0 radical (unpaired) electrons. The van der Waals surface area contributed by atoms with Gasteiger partial charge in [0.05, 0.1) is 6.61 Å². The van der Waals surface area contributed by atoms with Crippen LogP contribution >= 0.6 is 0 Å². The molecule has 3 nitrogen and oxygen atoms in total. The van der Waals surface area contributed by atoms with Crippen LogP contribution in [0, 0.1) is 0 Å². The summed E-state index contributed by atoms with van der Waals surface area (Å²) < 4.78 is 5.09. The van der Waals surface area contributed by atoms with Gasteiger partial charge in [-0.15, -0.1) is 0 Å². The summed E-state index contributed by atoms with van der Waals surface area (Å²) in [5.41, 5.74) is 9.00. The molecule has 0 saturated heterocycles. The lowest BCUT2D eigenvalue weighted by Crippen LogP contribution is -2.41. The third kappa shape index (κ3) is 3.53. The largest absolute Gasteiger partial charge is 0.383 e. The Balaban J connectivity index is 1.90. The zero-order chi connectivity index (χ0) is 12.1. The second kappa shape index (κ2) is 6.15. The Morgan fingerprint density at radius 3 is 2.35 bits per heavy atom. The van der Waals surface area contributed by atoms with Crippen LogP contribution < -0.4 is 5.73 Å². The zero-order valence-electron chi connectivity index (χ0n) is 10.6. The summed E-state index contributed by atoms with van der Waals surface area (Å²) in [4.78, 5) is 2.45. The number of nitrogens with zero attached hydrogens (tertiary/aromatic N) is 1. The third-order valence-corrected chi connectivity index (χ3v) is 3.39. The van der Waals surface area contributed by atoms with Crippen molar-refractivity contribution in [3.8, 4) is 0 Å². The lowest BCUT2D eigenvalue weighted by Gasteiger charge is -2.23. The molecular formula is C14H22N2O. The first-order valence-corrected chi connectivity index (χ1v) is 6.33. The van der Waals surface area contributed by atoms with Gasteiger partial charge in [0.2, 0.25) is 0 Å². The molecule has 1 aliphatic rings. The summed E-state index contributed by atoms with van der Waals surface area (Å²) in [7, 11) is 1.71. The van der Waals surface area contributed by atoms with Crippen molar-refractivity contribution in [3.63, 3.8) is 0 Å². The van der Waals surface area contributed by atoms with Crippen LogP contribution in [0.3, 0.4) is 0 Å². The quantitative estimate of drug-likeness (QED) is 0.846. The van der Waals surface area contributed by atoms with E-state index in [1.165, 1.54) is 11.1 Å². The van der Waals surface area contributed by atoms with Crippen LogP contribution in [0.4, 0.5) is 0 Å². The summed E-state index contributed by atoms with van der Waals surface area (Å²) in [6.45, 7) is 3.79. The van der Waals surface area contributed by atoms with Gasteiger partial charge in [0.1, 0.15) is 0 Å². The maximum Gasteiger partial charge on any atom is 0.0626 e. The highest BCUT2D eigenvalue weighted by atomic mass is 16.5. The van der Waals surface area contributed by atoms with Gasteiger partial charge in [0.25, 0.3) is 0 Å². The van der Waals surface area contributed by atoms with E-state index >= 15 is 0 Å². The van der Waals surface area contributed by atoms with Crippen molar-refractivity contribution in [3.05, 3.63) is 35.4 Å². The fraction of sp³-hybridized carbons (Fsp3) is 0.571. The molecule has 94 valence electrons. The van der Waals surface area contributed by atoms with Crippen molar-refractivity contribution >= 4 is 0 Å². The minimum Gasteiger partial charge on any atom is -0.383 e. The number of fused-ring (bicyclic) bond motifs is 1. The summed E-state index contributed by atoms with van der Waals surface area (Å²) in [5, 5.41) is 0. The predicted octanol–water partition coefficient (Wildman–Crippen LogP) is 1.06. The number of hydrogen-bond acceptors (Lipinski definition) is 3. The molecule has 17 heavy (non-hydrogen) atoms. The van der Waals surface area contributed by atoms with Crippen molar-refractivity contribution < 1.29 is 4.74 Å². The average molecular weight is 234 g/mol. The molecule has 3 heteroatoms. The monoisotopic (exact) mass is 234 g/mol. The standard InChI is InChI=1S/C14H22N2O/c1-17-11-14(15)10-16-8-6-12-4-2-3-5-13(12)7-9-16/h2-5,14H,6-11,15H2,1H3. The highest BCUT2D eigenvalue weighted by Gasteiger charge is 2.15. The number of methoxy groups -OCH3 is 1. The Bertz CT molecular complexity index is 327. The molecule has 0 aromatic heterocycles. The summed E-state index contributed by atoms with van der Waals surface area (Å²) >= 11 is 0. The van der Waals surface area contributed by atoms with E-state index in [0.29, 0.717) is 6.61 Å². The maximum atomic E-state index is 6.00. The first-order valence-electron chi connectivity index (χ1n) is 6.33. The van der Waals surface area contributed by atoms with Crippen LogP contribution in [-0.4, -0.2) is 44.3 Å². The Hall–Kier alpha value is -0.900. The molecule has 1 aromatic rings. The molecule has 2 rings (SSSR count). The van der Waals surface area contributed by atoms with E-state index in [9.17, 15) is 0 Å². The minimum absolute atomic E-state index is 0.126. The minimum atomic E-state index is 0.126.